The number of Topliss-reactive ketones (excluding diaryl/α,β-unsaturated/α-hetero) is 1. The Hall–Kier alpha value is -2.65. The van der Waals surface area contributed by atoms with E-state index < -0.39 is 0 Å². The molecule has 25 heavy (non-hydrogen) atoms. The molecular weight excluding hydrogens is 316 g/mol. The van der Waals surface area contributed by atoms with Crippen LogP contribution in [0.5, 0.6) is 5.75 Å². The Balaban J connectivity index is 1.72. The van der Waals surface area contributed by atoms with Gasteiger partial charge in [0, 0.05) is 37.8 Å². The van der Waals surface area contributed by atoms with E-state index in [9.17, 15) is 4.79 Å². The highest BCUT2D eigenvalue weighted by molar-refractivity contribution is 5.96. The second-order valence-corrected chi connectivity index (χ2v) is 6.43. The highest BCUT2D eigenvalue weighted by Crippen LogP contribution is 2.28. The Morgan fingerprint density at radius 1 is 1.48 bits per heavy atom. The zero-order chi connectivity index (χ0) is 17.8. The van der Waals surface area contributed by atoms with Crippen molar-refractivity contribution in [3.05, 3.63) is 47.3 Å². The van der Waals surface area contributed by atoms with Gasteiger partial charge in [-0.2, -0.15) is 10.4 Å². The highest BCUT2D eigenvalue weighted by atomic mass is 16.5. The summed E-state index contributed by atoms with van der Waals surface area (Å²) in [6, 6.07) is 7.85. The number of carbonyl (C=O) groups is 1. The van der Waals surface area contributed by atoms with Gasteiger partial charge in [-0.05, 0) is 37.6 Å². The zero-order valence-electron chi connectivity index (χ0n) is 14.6. The van der Waals surface area contributed by atoms with Crippen LogP contribution in [-0.4, -0.2) is 40.2 Å². The summed E-state index contributed by atoms with van der Waals surface area (Å²) in [5.41, 5.74) is 2.28. The molecule has 2 aromatic rings. The first-order valence-electron chi connectivity index (χ1n) is 8.43. The minimum Gasteiger partial charge on any atom is -0.496 e. The number of ketones is 1. The molecule has 1 fully saturated rings. The molecule has 0 unspecified atom stereocenters. The summed E-state index contributed by atoms with van der Waals surface area (Å²) >= 11 is 0. The minimum absolute atomic E-state index is 0.128. The average Bonchev–Trinajstić information content (AvgIpc) is 3.24. The van der Waals surface area contributed by atoms with Crippen LogP contribution >= 0.6 is 0 Å². The molecule has 6 heteroatoms. The lowest BCUT2D eigenvalue weighted by molar-refractivity contribution is 0.0938. The molecule has 130 valence electrons. The second-order valence-electron chi connectivity index (χ2n) is 6.43. The molecule has 1 aliphatic heterocycles. The first-order chi connectivity index (χ1) is 12.1. The van der Waals surface area contributed by atoms with Crippen LogP contribution < -0.4 is 4.74 Å². The van der Waals surface area contributed by atoms with Gasteiger partial charge >= 0.3 is 0 Å². The molecule has 0 radical (unpaired) electrons. The van der Waals surface area contributed by atoms with Crippen molar-refractivity contribution < 1.29 is 9.53 Å². The average molecular weight is 338 g/mol. The highest BCUT2D eigenvalue weighted by Gasteiger charge is 2.28. The van der Waals surface area contributed by atoms with Gasteiger partial charge in [-0.1, -0.05) is 0 Å². The van der Waals surface area contributed by atoms with Crippen LogP contribution in [0.3, 0.4) is 0 Å². The predicted molar refractivity (Wildman–Crippen MR) is 93.3 cm³/mol. The summed E-state index contributed by atoms with van der Waals surface area (Å²) in [5, 5.41) is 13.2. The molecule has 0 amide bonds. The zero-order valence-corrected chi connectivity index (χ0v) is 14.6. The molecule has 0 N–H and O–H groups in total. The molecule has 0 bridgehead atoms. The number of nitrogens with zero attached hydrogens (tertiary/aromatic N) is 4. The number of methoxy groups -OCH3 is 1. The van der Waals surface area contributed by atoms with Gasteiger partial charge in [0.2, 0.25) is 0 Å². The van der Waals surface area contributed by atoms with E-state index in [2.05, 4.69) is 16.1 Å². The maximum Gasteiger partial charge on any atom is 0.167 e. The molecule has 1 aromatic carbocycles. The third kappa shape index (κ3) is 3.89. The van der Waals surface area contributed by atoms with E-state index in [4.69, 9.17) is 10.00 Å². The van der Waals surface area contributed by atoms with Crippen LogP contribution in [0.4, 0.5) is 0 Å². The number of rotatable bonds is 6. The van der Waals surface area contributed by atoms with Crippen LogP contribution in [-0.2, 0) is 13.6 Å². The quantitative estimate of drug-likeness (QED) is 0.757. The second kappa shape index (κ2) is 7.49. The van der Waals surface area contributed by atoms with Crippen LogP contribution in [0.2, 0.25) is 0 Å². The fraction of sp³-hybridized carbons (Fsp3) is 0.421. The fourth-order valence-electron chi connectivity index (χ4n) is 3.42. The number of aromatic nitrogens is 2. The lowest BCUT2D eigenvalue weighted by atomic mass is 10.0. The first-order valence-corrected chi connectivity index (χ1v) is 8.43. The first kappa shape index (κ1) is 17.2. The molecular formula is C19H22N4O2. The van der Waals surface area contributed by atoms with Crippen LogP contribution in [0.15, 0.2) is 30.6 Å². The summed E-state index contributed by atoms with van der Waals surface area (Å²) in [6.07, 6.45) is 5.96. The smallest absolute Gasteiger partial charge is 0.167 e. The van der Waals surface area contributed by atoms with Gasteiger partial charge in [-0.25, -0.2) is 0 Å². The molecule has 1 saturated heterocycles. The molecule has 1 aliphatic rings. The Morgan fingerprint density at radius 3 is 3.00 bits per heavy atom. The van der Waals surface area contributed by atoms with Crippen molar-refractivity contribution in [2.24, 2.45) is 7.05 Å². The van der Waals surface area contributed by atoms with Crippen molar-refractivity contribution in [3.8, 4) is 11.8 Å². The largest absolute Gasteiger partial charge is 0.496 e. The molecule has 0 aliphatic carbocycles. The molecule has 2 heterocycles. The molecule has 3 rings (SSSR count). The number of benzene rings is 1. The Kier molecular flexibility index (Phi) is 5.15. The summed E-state index contributed by atoms with van der Waals surface area (Å²) < 4.78 is 7.08. The Bertz CT molecular complexity index is 806. The number of ether oxygens (including phenoxy) is 1. The number of nitriles is 1. The summed E-state index contributed by atoms with van der Waals surface area (Å²) in [6.45, 7) is 1.63. The third-order valence-electron chi connectivity index (χ3n) is 4.73. The number of hydrogen-bond donors (Lipinski definition) is 0. The van der Waals surface area contributed by atoms with Crippen molar-refractivity contribution in [3.63, 3.8) is 0 Å². The van der Waals surface area contributed by atoms with Crippen molar-refractivity contribution in [2.75, 3.05) is 13.7 Å². The fourth-order valence-corrected chi connectivity index (χ4v) is 3.42. The van der Waals surface area contributed by atoms with Crippen molar-refractivity contribution in [1.29, 1.82) is 5.26 Å². The van der Waals surface area contributed by atoms with Gasteiger partial charge in [0.15, 0.2) is 5.78 Å². The monoisotopic (exact) mass is 338 g/mol. The van der Waals surface area contributed by atoms with Gasteiger partial charge in [-0.15, -0.1) is 0 Å². The SMILES string of the molecule is COc1ccc(C#N)cc1CN1CCC[C@H]1CC(=O)c1cnn(C)c1. The Labute approximate surface area is 147 Å². The standard InChI is InChI=1S/C19H22N4O2/c1-22-12-16(11-21-22)18(24)9-17-4-3-7-23(17)13-15-8-14(10-20)5-6-19(15)25-2/h5-6,8,11-12,17H,3-4,7,9,13H2,1-2H3/t17-/m0/s1. The van der Waals surface area contributed by atoms with E-state index in [1.807, 2.05) is 19.2 Å². The van der Waals surface area contributed by atoms with Crippen LogP contribution in [0.25, 0.3) is 0 Å². The molecule has 1 aromatic heterocycles. The maximum absolute atomic E-state index is 12.5. The third-order valence-corrected chi connectivity index (χ3v) is 4.73. The molecule has 6 nitrogen and oxygen atoms in total. The summed E-state index contributed by atoms with van der Waals surface area (Å²) in [7, 11) is 3.45. The minimum atomic E-state index is 0.128. The summed E-state index contributed by atoms with van der Waals surface area (Å²) in [4.78, 5) is 14.8. The van der Waals surface area contributed by atoms with E-state index in [0.29, 0.717) is 24.1 Å². The topological polar surface area (TPSA) is 71.2 Å². The van der Waals surface area contributed by atoms with E-state index in [1.54, 1.807) is 30.3 Å². The summed E-state index contributed by atoms with van der Waals surface area (Å²) in [5.74, 6) is 0.908. The van der Waals surface area contributed by atoms with E-state index >= 15 is 0 Å². The van der Waals surface area contributed by atoms with Crippen LogP contribution in [0, 0.1) is 11.3 Å². The molecule has 0 saturated carbocycles. The van der Waals surface area contributed by atoms with Gasteiger partial charge in [0.05, 0.1) is 30.5 Å². The number of aryl methyl sites for hydroxylation is 1. The Morgan fingerprint density at radius 2 is 2.32 bits per heavy atom. The van der Waals surface area contributed by atoms with E-state index in [-0.39, 0.29) is 11.8 Å². The van der Waals surface area contributed by atoms with Crippen molar-refractivity contribution in [2.45, 2.75) is 31.8 Å². The van der Waals surface area contributed by atoms with E-state index in [0.717, 1.165) is 30.7 Å². The van der Waals surface area contributed by atoms with Crippen molar-refractivity contribution in [1.82, 2.24) is 14.7 Å². The lowest BCUT2D eigenvalue weighted by Crippen LogP contribution is -2.31. The number of likely N-dealkylation sites (tertiary alicyclic amines) is 1. The van der Waals surface area contributed by atoms with Gasteiger partial charge < -0.3 is 4.74 Å². The predicted octanol–water partition coefficient (Wildman–Crippen LogP) is 2.54. The lowest BCUT2D eigenvalue weighted by Gasteiger charge is -2.24. The van der Waals surface area contributed by atoms with Crippen LogP contribution in [0.1, 0.15) is 40.7 Å². The maximum atomic E-state index is 12.5. The van der Waals surface area contributed by atoms with Gasteiger partial charge in [0.25, 0.3) is 0 Å². The van der Waals surface area contributed by atoms with E-state index in [1.165, 1.54) is 0 Å². The van der Waals surface area contributed by atoms with Gasteiger partial charge in [0.1, 0.15) is 5.75 Å². The normalized spacial score (nSPS) is 17.4. The molecule has 0 spiro atoms. The van der Waals surface area contributed by atoms with Crippen molar-refractivity contribution >= 4 is 5.78 Å². The number of carbonyl (C=O) groups excluding carboxylic acids is 1. The van der Waals surface area contributed by atoms with Gasteiger partial charge in [-0.3, -0.25) is 14.4 Å². The number of hydrogen-bond acceptors (Lipinski definition) is 5. The molecule has 1 atom stereocenters.